The lowest BCUT2D eigenvalue weighted by Crippen LogP contribution is -2.41. The van der Waals surface area contributed by atoms with Crippen molar-refractivity contribution in [2.45, 2.75) is 51.6 Å². The van der Waals surface area contributed by atoms with Crippen LogP contribution < -0.4 is 5.73 Å². The van der Waals surface area contributed by atoms with Gasteiger partial charge in [0, 0.05) is 18.6 Å². The largest absolute Gasteiger partial charge is 0.329 e. The first-order chi connectivity index (χ1) is 8.53. The average molecular weight is 266 g/mol. The fourth-order valence-electron chi connectivity index (χ4n) is 3.05. The van der Waals surface area contributed by atoms with Crippen LogP contribution in [0.1, 0.15) is 51.1 Å². The minimum atomic E-state index is 0.391. The van der Waals surface area contributed by atoms with E-state index in [-0.39, 0.29) is 0 Å². The summed E-state index contributed by atoms with van der Waals surface area (Å²) >= 11 is 1.76. The minimum absolute atomic E-state index is 0.391. The molecular formula is C15H26N2S. The van der Waals surface area contributed by atoms with Crippen molar-refractivity contribution in [3.8, 4) is 0 Å². The maximum Gasteiger partial charge on any atom is 0.0478 e. The lowest BCUT2D eigenvalue weighted by atomic mass is 9.75. The van der Waals surface area contributed by atoms with E-state index in [1.807, 2.05) is 0 Å². The quantitative estimate of drug-likeness (QED) is 0.901. The van der Waals surface area contributed by atoms with Crippen LogP contribution in [0.2, 0.25) is 0 Å². The lowest BCUT2D eigenvalue weighted by molar-refractivity contribution is 0.0968. The number of hydrogen-bond acceptors (Lipinski definition) is 3. The Labute approximate surface area is 115 Å². The molecule has 1 saturated carbocycles. The summed E-state index contributed by atoms with van der Waals surface area (Å²) in [6.45, 7) is 5.50. The van der Waals surface area contributed by atoms with Crippen LogP contribution in [0.4, 0.5) is 0 Å². The molecule has 0 aromatic carbocycles. The molecule has 18 heavy (non-hydrogen) atoms. The van der Waals surface area contributed by atoms with Crippen LogP contribution in [0.25, 0.3) is 0 Å². The number of likely N-dealkylation sites (N-methyl/N-ethyl adjacent to an activating group) is 1. The maximum atomic E-state index is 5.99. The third-order valence-corrected chi connectivity index (χ3v) is 5.23. The molecule has 1 aliphatic carbocycles. The van der Waals surface area contributed by atoms with Gasteiger partial charge in [0.15, 0.2) is 0 Å². The molecule has 1 heterocycles. The number of nitrogens with zero attached hydrogens (tertiary/aromatic N) is 1. The predicted octanol–water partition coefficient (Wildman–Crippen LogP) is 3.65. The van der Waals surface area contributed by atoms with Gasteiger partial charge in [-0.2, -0.15) is 11.3 Å². The Morgan fingerprint density at radius 1 is 1.44 bits per heavy atom. The molecular weight excluding hydrogens is 240 g/mol. The van der Waals surface area contributed by atoms with Gasteiger partial charge in [0.25, 0.3) is 0 Å². The standard InChI is InChI=1S/C15H26N2S/c1-15(2)7-4-13(5-8-15)17(3)14(10-16)12-6-9-18-11-12/h6,9,11,13-14H,4-5,7-8,10,16H2,1-3H3. The van der Waals surface area contributed by atoms with Crippen LogP contribution >= 0.6 is 11.3 Å². The first-order valence-electron chi connectivity index (χ1n) is 6.97. The lowest BCUT2D eigenvalue weighted by Gasteiger charge is -2.41. The molecule has 3 heteroatoms. The highest BCUT2D eigenvalue weighted by molar-refractivity contribution is 7.07. The van der Waals surface area contributed by atoms with E-state index in [2.05, 4.69) is 42.6 Å². The Hall–Kier alpha value is -0.380. The molecule has 0 spiro atoms. The number of hydrogen-bond donors (Lipinski definition) is 1. The van der Waals surface area contributed by atoms with Gasteiger partial charge in [0.1, 0.15) is 0 Å². The maximum absolute atomic E-state index is 5.99. The Morgan fingerprint density at radius 2 is 2.11 bits per heavy atom. The molecule has 1 aromatic rings. The Balaban J connectivity index is 2.00. The van der Waals surface area contributed by atoms with Gasteiger partial charge < -0.3 is 5.73 Å². The van der Waals surface area contributed by atoms with Gasteiger partial charge in [-0.15, -0.1) is 0 Å². The molecule has 0 amide bonds. The normalized spacial score (nSPS) is 22.3. The summed E-state index contributed by atoms with van der Waals surface area (Å²) in [6, 6.07) is 3.31. The fraction of sp³-hybridized carbons (Fsp3) is 0.733. The molecule has 102 valence electrons. The molecule has 2 nitrogen and oxygen atoms in total. The van der Waals surface area contributed by atoms with Crippen molar-refractivity contribution < 1.29 is 0 Å². The zero-order valence-electron chi connectivity index (χ0n) is 11.9. The molecule has 0 bridgehead atoms. The zero-order valence-corrected chi connectivity index (χ0v) is 12.7. The van der Waals surface area contributed by atoms with Crippen molar-refractivity contribution >= 4 is 11.3 Å². The Morgan fingerprint density at radius 3 is 2.61 bits per heavy atom. The van der Waals surface area contributed by atoms with Gasteiger partial charge in [0.05, 0.1) is 0 Å². The monoisotopic (exact) mass is 266 g/mol. The van der Waals surface area contributed by atoms with E-state index >= 15 is 0 Å². The van der Waals surface area contributed by atoms with Crippen molar-refractivity contribution in [1.29, 1.82) is 0 Å². The van der Waals surface area contributed by atoms with E-state index in [1.54, 1.807) is 11.3 Å². The van der Waals surface area contributed by atoms with Crippen molar-refractivity contribution in [3.63, 3.8) is 0 Å². The SMILES string of the molecule is CN(C1CCC(C)(C)CC1)C(CN)c1ccsc1. The second kappa shape index (κ2) is 5.72. The molecule has 1 atom stereocenters. The van der Waals surface area contributed by atoms with Crippen molar-refractivity contribution in [1.82, 2.24) is 4.90 Å². The van der Waals surface area contributed by atoms with Crippen LogP contribution in [-0.4, -0.2) is 24.5 Å². The second-order valence-corrected chi connectivity index (χ2v) is 7.15. The molecule has 0 radical (unpaired) electrons. The molecule has 2 N–H and O–H groups in total. The van der Waals surface area contributed by atoms with Gasteiger partial charge in [-0.05, 0) is 60.5 Å². The van der Waals surface area contributed by atoms with Gasteiger partial charge in [-0.25, -0.2) is 0 Å². The molecule has 1 fully saturated rings. The number of rotatable bonds is 4. The highest BCUT2D eigenvalue weighted by Gasteiger charge is 2.31. The third kappa shape index (κ3) is 3.14. The van der Waals surface area contributed by atoms with Gasteiger partial charge in [-0.3, -0.25) is 4.90 Å². The van der Waals surface area contributed by atoms with E-state index in [0.29, 0.717) is 24.0 Å². The summed E-state index contributed by atoms with van der Waals surface area (Å²) in [5.41, 5.74) is 7.91. The van der Waals surface area contributed by atoms with Crippen molar-refractivity contribution in [2.24, 2.45) is 11.1 Å². The summed E-state index contributed by atoms with van der Waals surface area (Å²) in [5.74, 6) is 0. The second-order valence-electron chi connectivity index (χ2n) is 6.37. The first kappa shape index (κ1) is 14.0. The smallest absolute Gasteiger partial charge is 0.0478 e. The minimum Gasteiger partial charge on any atom is -0.329 e. The zero-order chi connectivity index (χ0) is 13.2. The fourth-order valence-corrected chi connectivity index (χ4v) is 3.75. The van der Waals surface area contributed by atoms with Gasteiger partial charge >= 0.3 is 0 Å². The number of thiophene rings is 1. The first-order valence-corrected chi connectivity index (χ1v) is 7.92. The van der Waals surface area contributed by atoms with Crippen LogP contribution in [0, 0.1) is 5.41 Å². The molecule has 0 saturated heterocycles. The van der Waals surface area contributed by atoms with Crippen LogP contribution in [0.15, 0.2) is 16.8 Å². The Bertz CT molecular complexity index is 349. The molecule has 1 aliphatic rings. The molecule has 1 unspecified atom stereocenters. The topological polar surface area (TPSA) is 29.3 Å². The van der Waals surface area contributed by atoms with E-state index in [9.17, 15) is 0 Å². The molecule has 1 aromatic heterocycles. The van der Waals surface area contributed by atoms with Gasteiger partial charge in [-0.1, -0.05) is 13.8 Å². The average Bonchev–Trinajstić information content (AvgIpc) is 2.83. The summed E-state index contributed by atoms with van der Waals surface area (Å²) in [5, 5.41) is 4.39. The van der Waals surface area contributed by atoms with Crippen molar-refractivity contribution in [2.75, 3.05) is 13.6 Å². The highest BCUT2D eigenvalue weighted by atomic mass is 32.1. The van der Waals surface area contributed by atoms with Gasteiger partial charge in [0.2, 0.25) is 0 Å². The third-order valence-electron chi connectivity index (χ3n) is 4.53. The van der Waals surface area contributed by atoms with E-state index in [0.717, 1.165) is 0 Å². The Kier molecular flexibility index (Phi) is 4.46. The van der Waals surface area contributed by atoms with Crippen LogP contribution in [0.3, 0.4) is 0 Å². The van der Waals surface area contributed by atoms with E-state index in [1.165, 1.54) is 31.2 Å². The summed E-state index contributed by atoms with van der Waals surface area (Å²) < 4.78 is 0. The molecule has 2 rings (SSSR count). The summed E-state index contributed by atoms with van der Waals surface area (Å²) in [6.07, 6.45) is 5.29. The summed E-state index contributed by atoms with van der Waals surface area (Å²) in [4.78, 5) is 2.51. The van der Waals surface area contributed by atoms with Crippen LogP contribution in [0.5, 0.6) is 0 Å². The van der Waals surface area contributed by atoms with Crippen molar-refractivity contribution in [3.05, 3.63) is 22.4 Å². The molecule has 0 aliphatic heterocycles. The van der Waals surface area contributed by atoms with Crippen LogP contribution in [-0.2, 0) is 0 Å². The van der Waals surface area contributed by atoms with E-state index in [4.69, 9.17) is 5.73 Å². The van der Waals surface area contributed by atoms with E-state index < -0.39 is 0 Å². The predicted molar refractivity (Wildman–Crippen MR) is 79.9 cm³/mol. The number of nitrogens with two attached hydrogens (primary N) is 1. The summed E-state index contributed by atoms with van der Waals surface area (Å²) in [7, 11) is 2.25. The highest BCUT2D eigenvalue weighted by Crippen LogP contribution is 2.38.